The minimum atomic E-state index is -0.309. The van der Waals surface area contributed by atoms with Gasteiger partial charge in [-0.2, -0.15) is 0 Å². The molecule has 1 aromatic carbocycles. The van der Waals surface area contributed by atoms with E-state index in [1.54, 1.807) is 0 Å². The summed E-state index contributed by atoms with van der Waals surface area (Å²) in [6.45, 7) is 7.40. The summed E-state index contributed by atoms with van der Waals surface area (Å²) in [4.78, 5) is 10.5. The van der Waals surface area contributed by atoms with Crippen LogP contribution in [0.1, 0.15) is 22.3 Å². The van der Waals surface area contributed by atoms with Gasteiger partial charge in [-0.05, 0) is 56.0 Å². The summed E-state index contributed by atoms with van der Waals surface area (Å²) in [5.74, 6) is -0.309. The van der Waals surface area contributed by atoms with E-state index < -0.39 is 0 Å². The highest BCUT2D eigenvalue weighted by Crippen LogP contribution is 2.15. The fraction of sp³-hybridized carbons (Fsp3) is 0.462. The Bertz CT molecular complexity index is 386. The van der Waals surface area contributed by atoms with Crippen molar-refractivity contribution in [2.45, 2.75) is 27.2 Å². The Kier molecular flexibility index (Phi) is 4.50. The van der Waals surface area contributed by atoms with Crippen LogP contribution < -0.4 is 11.1 Å². The van der Waals surface area contributed by atoms with E-state index in [-0.39, 0.29) is 12.5 Å². The van der Waals surface area contributed by atoms with Crippen molar-refractivity contribution in [3.8, 4) is 0 Å². The summed E-state index contributed by atoms with van der Waals surface area (Å²) in [7, 11) is 0. The number of benzene rings is 1. The lowest BCUT2D eigenvalue weighted by Crippen LogP contribution is -2.30. The van der Waals surface area contributed by atoms with Crippen LogP contribution in [0.4, 0.5) is 0 Å². The van der Waals surface area contributed by atoms with Crippen molar-refractivity contribution < 1.29 is 4.79 Å². The molecule has 0 aliphatic carbocycles. The van der Waals surface area contributed by atoms with Crippen molar-refractivity contribution in [2.24, 2.45) is 5.73 Å². The van der Waals surface area contributed by atoms with E-state index in [0.29, 0.717) is 0 Å². The van der Waals surface area contributed by atoms with Gasteiger partial charge in [0.15, 0.2) is 0 Å². The van der Waals surface area contributed by atoms with Gasteiger partial charge in [0, 0.05) is 0 Å². The number of rotatable bonds is 5. The molecule has 0 radical (unpaired) electrons. The zero-order chi connectivity index (χ0) is 12.1. The lowest BCUT2D eigenvalue weighted by atomic mass is 9.99. The van der Waals surface area contributed by atoms with Crippen molar-refractivity contribution in [2.75, 3.05) is 13.1 Å². The second kappa shape index (κ2) is 5.66. The van der Waals surface area contributed by atoms with Crippen LogP contribution in [0.15, 0.2) is 12.1 Å². The third-order valence-corrected chi connectivity index (χ3v) is 2.82. The van der Waals surface area contributed by atoms with Crippen LogP contribution in [0.5, 0.6) is 0 Å². The normalized spacial score (nSPS) is 10.4. The van der Waals surface area contributed by atoms with Crippen LogP contribution in [0, 0.1) is 20.8 Å². The summed E-state index contributed by atoms with van der Waals surface area (Å²) in [6.07, 6.45) is 0.931. The first-order valence-corrected chi connectivity index (χ1v) is 5.56. The molecule has 1 rings (SSSR count). The van der Waals surface area contributed by atoms with E-state index in [0.717, 1.165) is 13.0 Å². The van der Waals surface area contributed by atoms with Crippen LogP contribution in [-0.2, 0) is 11.2 Å². The summed E-state index contributed by atoms with van der Waals surface area (Å²) >= 11 is 0. The first-order valence-electron chi connectivity index (χ1n) is 5.56. The molecule has 16 heavy (non-hydrogen) atoms. The van der Waals surface area contributed by atoms with Crippen LogP contribution in [0.2, 0.25) is 0 Å². The lowest BCUT2D eigenvalue weighted by molar-refractivity contribution is -0.117. The second-order valence-electron chi connectivity index (χ2n) is 4.26. The molecule has 3 heteroatoms. The van der Waals surface area contributed by atoms with Gasteiger partial charge >= 0.3 is 0 Å². The standard InChI is InChI=1S/C13H20N2O/c1-9-6-11(3)12(7-10(9)2)4-5-15-8-13(14)16/h6-7,15H,4-5,8H2,1-3H3,(H2,14,16). The number of carbonyl (C=O) groups is 1. The number of amides is 1. The highest BCUT2D eigenvalue weighted by Gasteiger charge is 2.02. The average Bonchev–Trinajstić information content (AvgIpc) is 2.19. The van der Waals surface area contributed by atoms with E-state index in [4.69, 9.17) is 5.73 Å². The maximum absolute atomic E-state index is 10.5. The van der Waals surface area contributed by atoms with Gasteiger partial charge in [-0.15, -0.1) is 0 Å². The molecular weight excluding hydrogens is 200 g/mol. The molecule has 0 saturated carbocycles. The van der Waals surface area contributed by atoms with Crippen LogP contribution in [-0.4, -0.2) is 19.0 Å². The maximum atomic E-state index is 10.5. The van der Waals surface area contributed by atoms with E-state index >= 15 is 0 Å². The number of primary amides is 1. The summed E-state index contributed by atoms with van der Waals surface area (Å²) in [5, 5.41) is 3.02. The van der Waals surface area contributed by atoms with Gasteiger partial charge in [0.1, 0.15) is 0 Å². The van der Waals surface area contributed by atoms with E-state index in [1.807, 2.05) is 0 Å². The molecule has 3 N–H and O–H groups in total. The van der Waals surface area contributed by atoms with Gasteiger partial charge in [0.05, 0.1) is 6.54 Å². The Labute approximate surface area is 97.0 Å². The number of hydrogen-bond donors (Lipinski definition) is 2. The Morgan fingerprint density at radius 3 is 2.44 bits per heavy atom. The van der Waals surface area contributed by atoms with Crippen molar-refractivity contribution in [3.05, 3.63) is 34.4 Å². The minimum Gasteiger partial charge on any atom is -0.369 e. The van der Waals surface area contributed by atoms with Gasteiger partial charge in [-0.25, -0.2) is 0 Å². The van der Waals surface area contributed by atoms with Crippen molar-refractivity contribution in [3.63, 3.8) is 0 Å². The Balaban J connectivity index is 2.54. The smallest absolute Gasteiger partial charge is 0.231 e. The fourth-order valence-electron chi connectivity index (χ4n) is 1.72. The predicted octanol–water partition coefficient (Wildman–Crippen LogP) is 1.23. The molecule has 1 amide bonds. The van der Waals surface area contributed by atoms with Crippen molar-refractivity contribution in [1.29, 1.82) is 0 Å². The number of carbonyl (C=O) groups excluding carboxylic acids is 1. The Morgan fingerprint density at radius 1 is 1.19 bits per heavy atom. The van der Waals surface area contributed by atoms with Gasteiger partial charge < -0.3 is 11.1 Å². The quantitative estimate of drug-likeness (QED) is 0.733. The van der Waals surface area contributed by atoms with Gasteiger partial charge in [-0.3, -0.25) is 4.79 Å². The Hall–Kier alpha value is -1.35. The van der Waals surface area contributed by atoms with Crippen LogP contribution in [0.25, 0.3) is 0 Å². The predicted molar refractivity (Wildman–Crippen MR) is 66.4 cm³/mol. The highest BCUT2D eigenvalue weighted by molar-refractivity contribution is 5.75. The van der Waals surface area contributed by atoms with E-state index in [2.05, 4.69) is 38.2 Å². The molecule has 88 valence electrons. The van der Waals surface area contributed by atoms with Crippen molar-refractivity contribution >= 4 is 5.91 Å². The molecule has 0 fully saturated rings. The SMILES string of the molecule is Cc1cc(C)c(CCNCC(N)=O)cc1C. The summed E-state index contributed by atoms with van der Waals surface area (Å²) in [5.41, 5.74) is 10.3. The van der Waals surface area contributed by atoms with Gasteiger partial charge in [0.25, 0.3) is 0 Å². The third kappa shape index (κ3) is 3.66. The monoisotopic (exact) mass is 220 g/mol. The van der Waals surface area contributed by atoms with Gasteiger partial charge in [-0.1, -0.05) is 12.1 Å². The number of nitrogens with two attached hydrogens (primary N) is 1. The minimum absolute atomic E-state index is 0.254. The number of hydrogen-bond acceptors (Lipinski definition) is 2. The molecular formula is C13H20N2O. The van der Waals surface area contributed by atoms with Crippen LogP contribution >= 0.6 is 0 Å². The van der Waals surface area contributed by atoms with E-state index in [1.165, 1.54) is 22.3 Å². The fourth-order valence-corrected chi connectivity index (χ4v) is 1.72. The molecule has 0 aromatic heterocycles. The molecule has 0 unspecified atom stereocenters. The molecule has 0 aliphatic rings. The highest BCUT2D eigenvalue weighted by atomic mass is 16.1. The summed E-state index contributed by atoms with van der Waals surface area (Å²) in [6, 6.07) is 4.43. The number of aryl methyl sites for hydroxylation is 3. The first-order chi connectivity index (χ1) is 7.50. The molecule has 0 atom stereocenters. The molecule has 3 nitrogen and oxygen atoms in total. The van der Waals surface area contributed by atoms with Crippen molar-refractivity contribution in [1.82, 2.24) is 5.32 Å². The second-order valence-corrected chi connectivity index (χ2v) is 4.26. The maximum Gasteiger partial charge on any atom is 0.231 e. The summed E-state index contributed by atoms with van der Waals surface area (Å²) < 4.78 is 0. The zero-order valence-corrected chi connectivity index (χ0v) is 10.3. The Morgan fingerprint density at radius 2 is 1.81 bits per heavy atom. The largest absolute Gasteiger partial charge is 0.369 e. The molecule has 0 spiro atoms. The molecule has 0 bridgehead atoms. The zero-order valence-electron chi connectivity index (χ0n) is 10.3. The molecule has 0 saturated heterocycles. The molecule has 0 heterocycles. The van der Waals surface area contributed by atoms with Crippen LogP contribution in [0.3, 0.4) is 0 Å². The van der Waals surface area contributed by atoms with Gasteiger partial charge in [0.2, 0.25) is 5.91 Å². The van der Waals surface area contributed by atoms with E-state index in [9.17, 15) is 4.79 Å². The molecule has 0 aliphatic heterocycles. The average molecular weight is 220 g/mol. The third-order valence-electron chi connectivity index (χ3n) is 2.82. The number of nitrogens with one attached hydrogen (secondary N) is 1. The lowest BCUT2D eigenvalue weighted by Gasteiger charge is -2.10. The first kappa shape index (κ1) is 12.7. The molecule has 1 aromatic rings. The topological polar surface area (TPSA) is 55.1 Å².